The zero-order valence-corrected chi connectivity index (χ0v) is 11.3. The first-order valence-corrected chi connectivity index (χ1v) is 6.18. The zero-order chi connectivity index (χ0) is 13.8. The topological polar surface area (TPSA) is 29.1 Å². The Morgan fingerprint density at radius 1 is 1.11 bits per heavy atom. The summed E-state index contributed by atoms with van der Waals surface area (Å²) in [4.78, 5) is 12.0. The van der Waals surface area contributed by atoms with Crippen molar-refractivity contribution in [2.75, 3.05) is 5.32 Å². The lowest BCUT2D eigenvalue weighted by Gasteiger charge is -2.06. The van der Waals surface area contributed by atoms with Gasteiger partial charge in [-0.15, -0.1) is 6.42 Å². The van der Waals surface area contributed by atoms with Gasteiger partial charge in [0.2, 0.25) is 0 Å². The summed E-state index contributed by atoms with van der Waals surface area (Å²) >= 11 is 11.7. The maximum Gasteiger partial charge on any atom is 0.255 e. The van der Waals surface area contributed by atoms with E-state index in [1.165, 1.54) is 0 Å². The Morgan fingerprint density at radius 2 is 1.79 bits per heavy atom. The average molecular weight is 290 g/mol. The van der Waals surface area contributed by atoms with E-state index in [9.17, 15) is 4.79 Å². The van der Waals surface area contributed by atoms with Crippen LogP contribution in [0, 0.1) is 12.3 Å². The van der Waals surface area contributed by atoms with Gasteiger partial charge in [0.05, 0.1) is 0 Å². The van der Waals surface area contributed by atoms with Gasteiger partial charge in [0, 0.05) is 26.9 Å². The molecule has 19 heavy (non-hydrogen) atoms. The number of nitrogens with one attached hydrogen (secondary N) is 1. The number of benzene rings is 2. The predicted molar refractivity (Wildman–Crippen MR) is 78.8 cm³/mol. The van der Waals surface area contributed by atoms with Gasteiger partial charge in [-0.25, -0.2) is 0 Å². The summed E-state index contributed by atoms with van der Waals surface area (Å²) in [6.45, 7) is 0. The molecule has 2 rings (SSSR count). The largest absolute Gasteiger partial charge is 0.322 e. The van der Waals surface area contributed by atoms with Gasteiger partial charge in [-0.1, -0.05) is 35.2 Å². The second-order valence-electron chi connectivity index (χ2n) is 3.84. The molecule has 0 radical (unpaired) electrons. The molecule has 0 aliphatic rings. The first-order valence-electron chi connectivity index (χ1n) is 5.42. The Balaban J connectivity index is 2.23. The van der Waals surface area contributed by atoms with Gasteiger partial charge in [0.1, 0.15) is 0 Å². The first kappa shape index (κ1) is 13.5. The van der Waals surface area contributed by atoms with E-state index < -0.39 is 0 Å². The Kier molecular flexibility index (Phi) is 4.11. The van der Waals surface area contributed by atoms with Gasteiger partial charge in [-0.05, 0) is 36.4 Å². The lowest BCUT2D eigenvalue weighted by Crippen LogP contribution is -2.11. The van der Waals surface area contributed by atoms with Gasteiger partial charge in [-0.3, -0.25) is 4.79 Å². The Bertz CT molecular complexity index is 654. The fourth-order valence-electron chi connectivity index (χ4n) is 1.57. The van der Waals surface area contributed by atoms with Crippen LogP contribution in [-0.2, 0) is 0 Å². The van der Waals surface area contributed by atoms with E-state index in [1.54, 1.807) is 42.5 Å². The molecule has 4 heteroatoms. The second kappa shape index (κ2) is 5.79. The molecule has 0 spiro atoms. The van der Waals surface area contributed by atoms with E-state index in [4.69, 9.17) is 29.6 Å². The fraction of sp³-hybridized carbons (Fsp3) is 0. The van der Waals surface area contributed by atoms with Gasteiger partial charge < -0.3 is 5.32 Å². The van der Waals surface area contributed by atoms with Crippen molar-refractivity contribution in [2.24, 2.45) is 0 Å². The first-order chi connectivity index (χ1) is 9.08. The molecule has 2 nitrogen and oxygen atoms in total. The van der Waals surface area contributed by atoms with Crippen molar-refractivity contribution in [1.29, 1.82) is 0 Å². The highest BCUT2D eigenvalue weighted by Crippen LogP contribution is 2.20. The molecule has 0 unspecified atom stereocenters. The molecule has 1 amide bonds. The molecule has 2 aromatic rings. The molecule has 1 N–H and O–H groups in total. The molecular weight excluding hydrogens is 281 g/mol. The molecule has 0 aliphatic heterocycles. The quantitative estimate of drug-likeness (QED) is 0.824. The highest BCUT2D eigenvalue weighted by atomic mass is 35.5. The third-order valence-electron chi connectivity index (χ3n) is 2.41. The van der Waals surface area contributed by atoms with Crippen LogP contribution in [0.3, 0.4) is 0 Å². The van der Waals surface area contributed by atoms with E-state index in [-0.39, 0.29) is 5.91 Å². The highest BCUT2D eigenvalue weighted by Gasteiger charge is 2.08. The van der Waals surface area contributed by atoms with Gasteiger partial charge in [0.15, 0.2) is 0 Å². The SMILES string of the molecule is C#Cc1cccc(NC(=O)c2cc(Cl)cc(Cl)c2)c1. The van der Waals surface area contributed by atoms with Crippen LogP contribution < -0.4 is 5.32 Å². The molecule has 0 atom stereocenters. The van der Waals surface area contributed by atoms with Crippen LogP contribution in [0.15, 0.2) is 42.5 Å². The number of anilines is 1. The molecule has 0 heterocycles. The Hall–Kier alpha value is -1.95. The number of halogens is 2. The van der Waals surface area contributed by atoms with Crippen molar-refractivity contribution in [1.82, 2.24) is 0 Å². The summed E-state index contributed by atoms with van der Waals surface area (Å²) in [5, 5.41) is 3.56. The minimum absolute atomic E-state index is 0.293. The smallest absolute Gasteiger partial charge is 0.255 e. The molecule has 0 saturated heterocycles. The van der Waals surface area contributed by atoms with Crippen LogP contribution in [0.2, 0.25) is 10.0 Å². The van der Waals surface area contributed by atoms with E-state index in [0.717, 1.165) is 0 Å². The molecule has 0 saturated carbocycles. The monoisotopic (exact) mass is 289 g/mol. The zero-order valence-electron chi connectivity index (χ0n) is 9.78. The maximum atomic E-state index is 12.0. The van der Waals surface area contributed by atoms with Crippen LogP contribution in [-0.4, -0.2) is 5.91 Å². The Morgan fingerprint density at radius 3 is 2.42 bits per heavy atom. The number of carbonyl (C=O) groups excluding carboxylic acids is 1. The Labute approximate surface area is 121 Å². The number of amides is 1. The number of hydrogen-bond donors (Lipinski definition) is 1. The second-order valence-corrected chi connectivity index (χ2v) is 4.71. The van der Waals surface area contributed by atoms with Crippen LogP contribution in [0.4, 0.5) is 5.69 Å². The lowest BCUT2D eigenvalue weighted by atomic mass is 10.2. The number of hydrogen-bond acceptors (Lipinski definition) is 1. The van der Waals surface area contributed by atoms with E-state index in [0.29, 0.717) is 26.9 Å². The molecule has 94 valence electrons. The number of carbonyl (C=O) groups is 1. The summed E-state index contributed by atoms with van der Waals surface area (Å²) in [6.07, 6.45) is 5.30. The van der Waals surface area contributed by atoms with E-state index in [2.05, 4.69) is 11.2 Å². The van der Waals surface area contributed by atoms with Crippen LogP contribution in [0.1, 0.15) is 15.9 Å². The predicted octanol–water partition coefficient (Wildman–Crippen LogP) is 4.23. The normalized spacial score (nSPS) is 9.74. The number of rotatable bonds is 2. The molecule has 0 aliphatic carbocycles. The van der Waals surface area contributed by atoms with Crippen molar-refractivity contribution in [3.8, 4) is 12.3 Å². The summed E-state index contributed by atoms with van der Waals surface area (Å²) < 4.78 is 0. The fourth-order valence-corrected chi connectivity index (χ4v) is 2.10. The van der Waals surface area contributed by atoms with Crippen LogP contribution in [0.5, 0.6) is 0 Å². The highest BCUT2D eigenvalue weighted by molar-refractivity contribution is 6.35. The average Bonchev–Trinajstić information content (AvgIpc) is 2.37. The van der Waals surface area contributed by atoms with Gasteiger partial charge in [-0.2, -0.15) is 0 Å². The standard InChI is InChI=1S/C15H9Cl2NO/c1-2-10-4-3-5-14(6-10)18-15(19)11-7-12(16)9-13(17)8-11/h1,3-9H,(H,18,19). The van der Waals surface area contributed by atoms with Crippen molar-refractivity contribution >= 4 is 34.8 Å². The lowest BCUT2D eigenvalue weighted by molar-refractivity contribution is 0.102. The van der Waals surface area contributed by atoms with Gasteiger partial charge >= 0.3 is 0 Å². The van der Waals surface area contributed by atoms with Crippen molar-refractivity contribution in [2.45, 2.75) is 0 Å². The third kappa shape index (κ3) is 3.51. The van der Waals surface area contributed by atoms with Crippen molar-refractivity contribution < 1.29 is 4.79 Å². The summed E-state index contributed by atoms with van der Waals surface area (Å²) in [5.41, 5.74) is 1.71. The maximum absolute atomic E-state index is 12.0. The van der Waals surface area contributed by atoms with E-state index in [1.807, 2.05) is 0 Å². The van der Waals surface area contributed by atoms with Crippen LogP contribution >= 0.6 is 23.2 Å². The third-order valence-corrected chi connectivity index (χ3v) is 2.85. The molecule has 2 aromatic carbocycles. The van der Waals surface area contributed by atoms with Crippen molar-refractivity contribution in [3.63, 3.8) is 0 Å². The van der Waals surface area contributed by atoms with Gasteiger partial charge in [0.25, 0.3) is 5.91 Å². The summed E-state index contributed by atoms with van der Waals surface area (Å²) in [6, 6.07) is 11.7. The minimum Gasteiger partial charge on any atom is -0.322 e. The summed E-state index contributed by atoms with van der Waals surface area (Å²) in [7, 11) is 0. The summed E-state index contributed by atoms with van der Waals surface area (Å²) in [5.74, 6) is 2.21. The van der Waals surface area contributed by atoms with E-state index >= 15 is 0 Å². The minimum atomic E-state index is -0.293. The molecular formula is C15H9Cl2NO. The molecule has 0 bridgehead atoms. The van der Waals surface area contributed by atoms with Crippen molar-refractivity contribution in [3.05, 3.63) is 63.6 Å². The molecule has 0 aromatic heterocycles. The molecule has 0 fully saturated rings. The van der Waals surface area contributed by atoms with Crippen LogP contribution in [0.25, 0.3) is 0 Å². The number of terminal acetylenes is 1.